The summed E-state index contributed by atoms with van der Waals surface area (Å²) >= 11 is 0. The molecule has 1 aromatic carbocycles. The van der Waals surface area contributed by atoms with E-state index in [9.17, 15) is 19.5 Å². The Labute approximate surface area is 201 Å². The molecule has 4 nitrogen and oxygen atoms in total. The molecule has 0 aromatic heterocycles. The lowest BCUT2D eigenvalue weighted by molar-refractivity contribution is -0.158. The Morgan fingerprint density at radius 1 is 1.12 bits per heavy atom. The van der Waals surface area contributed by atoms with Crippen LogP contribution < -0.4 is 0 Å². The summed E-state index contributed by atoms with van der Waals surface area (Å²) < 4.78 is 15.5. The van der Waals surface area contributed by atoms with Gasteiger partial charge in [0.25, 0.3) is 0 Å². The first kappa shape index (κ1) is 23.6. The molecule has 0 saturated heterocycles. The van der Waals surface area contributed by atoms with E-state index in [1.54, 1.807) is 24.3 Å². The van der Waals surface area contributed by atoms with E-state index in [0.717, 1.165) is 0 Å². The summed E-state index contributed by atoms with van der Waals surface area (Å²) in [5.74, 6) is -1.22. The maximum atomic E-state index is 15.5. The van der Waals surface area contributed by atoms with Crippen LogP contribution in [-0.2, 0) is 9.59 Å². The Morgan fingerprint density at radius 2 is 1.82 bits per heavy atom. The first-order valence-corrected chi connectivity index (χ1v) is 12.7. The van der Waals surface area contributed by atoms with Gasteiger partial charge in [-0.05, 0) is 48.9 Å². The highest BCUT2D eigenvalue weighted by atomic mass is 19.1. The molecule has 1 N–H and O–H groups in total. The quantitative estimate of drug-likeness (QED) is 0.372. The van der Waals surface area contributed by atoms with E-state index in [0.29, 0.717) is 44.1 Å². The van der Waals surface area contributed by atoms with Crippen LogP contribution in [0.5, 0.6) is 0 Å². The molecule has 5 heteroatoms. The zero-order chi connectivity index (χ0) is 24.5. The van der Waals surface area contributed by atoms with E-state index in [-0.39, 0.29) is 47.1 Å². The molecule has 3 unspecified atom stereocenters. The monoisotopic (exact) mass is 466 g/mol. The average Bonchev–Trinajstić information content (AvgIpc) is 3.02. The van der Waals surface area contributed by atoms with Gasteiger partial charge >= 0.3 is 0 Å². The smallest absolute Gasteiger partial charge is 0.172 e. The van der Waals surface area contributed by atoms with Crippen molar-refractivity contribution in [2.24, 2.45) is 34.5 Å². The lowest BCUT2D eigenvalue weighted by Gasteiger charge is -2.57. The Hall–Kier alpha value is -2.14. The van der Waals surface area contributed by atoms with Crippen LogP contribution in [0.15, 0.2) is 42.0 Å². The normalized spacial score (nSPS) is 43.4. The van der Waals surface area contributed by atoms with Crippen molar-refractivity contribution in [3.63, 3.8) is 0 Å². The van der Waals surface area contributed by atoms with Crippen molar-refractivity contribution in [1.29, 1.82) is 0 Å². The zero-order valence-electron chi connectivity index (χ0n) is 20.4. The summed E-state index contributed by atoms with van der Waals surface area (Å²) in [7, 11) is 0. The average molecular weight is 467 g/mol. The lowest BCUT2D eigenvalue weighted by Crippen LogP contribution is -2.58. The molecule has 4 aliphatic rings. The van der Waals surface area contributed by atoms with Gasteiger partial charge < -0.3 is 5.11 Å². The minimum absolute atomic E-state index is 0.0306. The second-order valence-corrected chi connectivity index (χ2v) is 11.8. The SMILES string of the molecule is C[C@H]1CC2C3C[C@H](F)C4CC(=O)CC[C@]4(C)C3=CC[C@]2(C)[C@@]1(O)C(=O)CC(=O)c1ccccc1. The van der Waals surface area contributed by atoms with Crippen molar-refractivity contribution in [3.8, 4) is 0 Å². The second-order valence-electron chi connectivity index (χ2n) is 11.8. The fourth-order valence-electron chi connectivity index (χ4n) is 8.26. The summed E-state index contributed by atoms with van der Waals surface area (Å²) in [6, 6.07) is 8.72. The number of fused-ring (bicyclic) bond motifs is 5. The van der Waals surface area contributed by atoms with Crippen LogP contribution in [0.1, 0.15) is 76.1 Å². The van der Waals surface area contributed by atoms with Crippen LogP contribution in [0.2, 0.25) is 0 Å². The molecule has 0 bridgehead atoms. The zero-order valence-corrected chi connectivity index (χ0v) is 20.4. The van der Waals surface area contributed by atoms with Gasteiger partial charge in [-0.2, -0.15) is 0 Å². The van der Waals surface area contributed by atoms with Crippen molar-refractivity contribution < 1.29 is 23.9 Å². The van der Waals surface area contributed by atoms with Gasteiger partial charge in [-0.25, -0.2) is 4.39 Å². The first-order valence-electron chi connectivity index (χ1n) is 12.7. The second kappa shape index (κ2) is 7.94. The van der Waals surface area contributed by atoms with Gasteiger partial charge in [0.05, 0.1) is 6.42 Å². The third-order valence-electron chi connectivity index (χ3n) is 10.2. The molecule has 1 aromatic rings. The fraction of sp³-hybridized carbons (Fsp3) is 0.621. The number of aliphatic hydroxyl groups is 1. The highest BCUT2D eigenvalue weighted by Crippen LogP contribution is 2.67. The molecule has 34 heavy (non-hydrogen) atoms. The summed E-state index contributed by atoms with van der Waals surface area (Å²) in [5.41, 5.74) is -1.01. The molecule has 3 saturated carbocycles. The molecule has 5 rings (SSSR count). The third kappa shape index (κ3) is 3.15. The topological polar surface area (TPSA) is 71.4 Å². The molecule has 0 aliphatic heterocycles. The van der Waals surface area contributed by atoms with Gasteiger partial charge in [-0.15, -0.1) is 0 Å². The largest absolute Gasteiger partial charge is 0.381 e. The van der Waals surface area contributed by atoms with Crippen LogP contribution in [0.25, 0.3) is 0 Å². The molecule has 8 atom stereocenters. The van der Waals surface area contributed by atoms with Gasteiger partial charge in [0, 0.05) is 29.7 Å². The predicted octanol–water partition coefficient (Wildman–Crippen LogP) is 5.29. The van der Waals surface area contributed by atoms with E-state index < -0.39 is 23.0 Å². The number of hydrogen-bond acceptors (Lipinski definition) is 4. The number of halogens is 1. The van der Waals surface area contributed by atoms with Gasteiger partial charge in [0.1, 0.15) is 17.6 Å². The van der Waals surface area contributed by atoms with Crippen LogP contribution >= 0.6 is 0 Å². The van der Waals surface area contributed by atoms with Crippen LogP contribution in [0.3, 0.4) is 0 Å². The summed E-state index contributed by atoms with van der Waals surface area (Å²) in [6.07, 6.45) is 3.75. The van der Waals surface area contributed by atoms with Crippen molar-refractivity contribution in [1.82, 2.24) is 0 Å². The Balaban J connectivity index is 1.47. The van der Waals surface area contributed by atoms with Crippen molar-refractivity contribution in [3.05, 3.63) is 47.5 Å². The van der Waals surface area contributed by atoms with E-state index in [4.69, 9.17) is 0 Å². The van der Waals surface area contributed by atoms with Crippen molar-refractivity contribution in [2.45, 2.75) is 77.5 Å². The molecular weight excluding hydrogens is 431 g/mol. The van der Waals surface area contributed by atoms with E-state index in [1.165, 1.54) is 5.57 Å². The molecule has 3 fully saturated rings. The van der Waals surface area contributed by atoms with Gasteiger partial charge in [0.2, 0.25) is 0 Å². The van der Waals surface area contributed by atoms with Crippen molar-refractivity contribution >= 4 is 17.3 Å². The molecule has 0 heterocycles. The summed E-state index contributed by atoms with van der Waals surface area (Å²) in [6.45, 7) is 5.98. The molecule has 0 spiro atoms. The standard InChI is InChI=1S/C29H35FO4/c1-17-13-22-20-15-24(30)23-14-19(31)9-11-27(23,2)21(20)10-12-28(22,3)29(17,34)26(33)16-25(32)18-7-5-4-6-8-18/h4-8,10,17,20,22-24,34H,9,11-16H2,1-3H3/t17-,20?,22?,23?,24-,27+,28-,29-/m0/s1. The Bertz CT molecular complexity index is 1060. The number of ketones is 3. The number of Topliss-reactive ketones (excluding diaryl/α,β-unsaturated/α-hetero) is 3. The number of allylic oxidation sites excluding steroid dienone is 2. The first-order chi connectivity index (χ1) is 16.0. The number of carbonyl (C=O) groups excluding carboxylic acids is 3. The highest BCUT2D eigenvalue weighted by Gasteiger charge is 2.68. The maximum absolute atomic E-state index is 15.5. The minimum atomic E-state index is -1.63. The van der Waals surface area contributed by atoms with Crippen LogP contribution in [-0.4, -0.2) is 34.2 Å². The van der Waals surface area contributed by atoms with Gasteiger partial charge in [0.15, 0.2) is 11.6 Å². The minimum Gasteiger partial charge on any atom is -0.381 e. The molecule has 4 aliphatic carbocycles. The third-order valence-corrected chi connectivity index (χ3v) is 10.2. The number of alkyl halides is 1. The van der Waals surface area contributed by atoms with Gasteiger partial charge in [-0.1, -0.05) is 62.8 Å². The van der Waals surface area contributed by atoms with E-state index in [1.807, 2.05) is 19.9 Å². The number of benzene rings is 1. The maximum Gasteiger partial charge on any atom is 0.172 e. The summed E-state index contributed by atoms with van der Waals surface area (Å²) in [4.78, 5) is 38.5. The summed E-state index contributed by atoms with van der Waals surface area (Å²) in [5, 5.41) is 12.0. The van der Waals surface area contributed by atoms with Crippen LogP contribution in [0.4, 0.5) is 4.39 Å². The van der Waals surface area contributed by atoms with Crippen molar-refractivity contribution in [2.75, 3.05) is 0 Å². The van der Waals surface area contributed by atoms with E-state index in [2.05, 4.69) is 13.0 Å². The lowest BCUT2D eigenvalue weighted by atomic mass is 9.48. The van der Waals surface area contributed by atoms with Gasteiger partial charge in [-0.3, -0.25) is 14.4 Å². The fourth-order valence-corrected chi connectivity index (χ4v) is 8.26. The number of carbonyl (C=O) groups is 3. The van der Waals surface area contributed by atoms with E-state index >= 15 is 4.39 Å². The molecule has 0 radical (unpaired) electrons. The number of rotatable bonds is 4. The predicted molar refractivity (Wildman–Crippen MR) is 127 cm³/mol. The molecular formula is C29H35FO4. The Kier molecular flexibility index (Phi) is 5.51. The molecule has 182 valence electrons. The molecule has 0 amide bonds. The number of hydrogen-bond donors (Lipinski definition) is 1. The Morgan fingerprint density at radius 3 is 2.53 bits per heavy atom. The highest BCUT2D eigenvalue weighted by molar-refractivity contribution is 6.10. The van der Waals surface area contributed by atoms with Crippen LogP contribution in [0, 0.1) is 34.5 Å².